The third kappa shape index (κ3) is 2.50. The molecule has 0 aromatic heterocycles. The second-order valence-electron chi connectivity index (χ2n) is 4.34. The van der Waals surface area contributed by atoms with Gasteiger partial charge in [0.15, 0.2) is 0 Å². The maximum absolute atomic E-state index is 12.0. The van der Waals surface area contributed by atoms with E-state index in [9.17, 15) is 19.2 Å². The second-order valence-corrected chi connectivity index (χ2v) is 5.34. The fourth-order valence-corrected chi connectivity index (χ4v) is 3.12. The standard InChI is InChI=1S/C10H13N3O5S/c1-11-2-7(14)12(10(11)18)3-8(15)13-5-19-4-6(13)9(16)17/h6H,2-5H2,1H3,(H,16,17). The van der Waals surface area contributed by atoms with Crippen LogP contribution in [0.3, 0.4) is 0 Å². The van der Waals surface area contributed by atoms with Gasteiger partial charge < -0.3 is 14.9 Å². The zero-order valence-corrected chi connectivity index (χ0v) is 11.1. The second kappa shape index (κ2) is 5.08. The van der Waals surface area contributed by atoms with Crippen molar-refractivity contribution in [3.8, 4) is 0 Å². The van der Waals surface area contributed by atoms with Crippen molar-refractivity contribution in [2.24, 2.45) is 0 Å². The van der Waals surface area contributed by atoms with Crippen molar-refractivity contribution in [2.75, 3.05) is 31.8 Å². The fraction of sp³-hybridized carbons (Fsp3) is 0.600. The van der Waals surface area contributed by atoms with Crippen LogP contribution in [0.2, 0.25) is 0 Å². The summed E-state index contributed by atoms with van der Waals surface area (Å²) in [5.74, 6) is -1.45. The van der Waals surface area contributed by atoms with Gasteiger partial charge in [0, 0.05) is 12.8 Å². The third-order valence-electron chi connectivity index (χ3n) is 3.01. The molecule has 1 unspecified atom stereocenters. The molecule has 0 bridgehead atoms. The Bertz CT molecular complexity index is 454. The summed E-state index contributed by atoms with van der Waals surface area (Å²) in [5.41, 5.74) is 0. The van der Waals surface area contributed by atoms with Crippen LogP contribution in [0.4, 0.5) is 4.79 Å². The van der Waals surface area contributed by atoms with E-state index in [1.165, 1.54) is 28.6 Å². The molecule has 2 rings (SSSR count). The molecule has 0 aromatic carbocycles. The molecule has 0 aliphatic carbocycles. The molecule has 0 saturated carbocycles. The van der Waals surface area contributed by atoms with Crippen LogP contribution in [0.5, 0.6) is 0 Å². The number of urea groups is 1. The summed E-state index contributed by atoms with van der Waals surface area (Å²) < 4.78 is 0. The average molecular weight is 287 g/mol. The molecule has 2 saturated heterocycles. The molecule has 104 valence electrons. The van der Waals surface area contributed by atoms with Crippen LogP contribution >= 0.6 is 11.8 Å². The SMILES string of the molecule is CN1CC(=O)N(CC(=O)N2CSCC2C(=O)O)C1=O. The highest BCUT2D eigenvalue weighted by molar-refractivity contribution is 7.99. The smallest absolute Gasteiger partial charge is 0.327 e. The Morgan fingerprint density at radius 1 is 1.42 bits per heavy atom. The highest BCUT2D eigenvalue weighted by atomic mass is 32.2. The molecule has 8 nitrogen and oxygen atoms in total. The molecule has 2 aliphatic rings. The van der Waals surface area contributed by atoms with Crippen LogP contribution in [0.25, 0.3) is 0 Å². The van der Waals surface area contributed by atoms with Crippen molar-refractivity contribution in [2.45, 2.75) is 6.04 Å². The number of hydrogen-bond acceptors (Lipinski definition) is 5. The number of nitrogens with zero attached hydrogens (tertiary/aromatic N) is 3. The number of amides is 4. The Morgan fingerprint density at radius 2 is 2.11 bits per heavy atom. The quantitative estimate of drug-likeness (QED) is 0.659. The zero-order valence-electron chi connectivity index (χ0n) is 10.2. The number of hydrogen-bond donors (Lipinski definition) is 1. The molecule has 9 heteroatoms. The lowest BCUT2D eigenvalue weighted by atomic mass is 10.3. The minimum Gasteiger partial charge on any atom is -0.480 e. The molecule has 1 atom stereocenters. The van der Waals surface area contributed by atoms with Crippen LogP contribution in [0, 0.1) is 0 Å². The van der Waals surface area contributed by atoms with Crippen LogP contribution < -0.4 is 0 Å². The molecule has 2 fully saturated rings. The molecule has 4 amide bonds. The van der Waals surface area contributed by atoms with Crippen molar-refractivity contribution in [3.05, 3.63) is 0 Å². The highest BCUT2D eigenvalue weighted by Gasteiger charge is 2.39. The molecule has 2 heterocycles. The van der Waals surface area contributed by atoms with Crippen molar-refractivity contribution >= 4 is 35.6 Å². The number of likely N-dealkylation sites (N-methyl/N-ethyl adjacent to an activating group) is 1. The van der Waals surface area contributed by atoms with Gasteiger partial charge in [0.2, 0.25) is 5.91 Å². The van der Waals surface area contributed by atoms with Gasteiger partial charge in [0.05, 0.1) is 5.88 Å². The molecule has 0 aromatic rings. The van der Waals surface area contributed by atoms with E-state index in [1.54, 1.807) is 0 Å². The summed E-state index contributed by atoms with van der Waals surface area (Å²) in [6.07, 6.45) is 0. The van der Waals surface area contributed by atoms with Gasteiger partial charge in [-0.25, -0.2) is 9.59 Å². The van der Waals surface area contributed by atoms with Gasteiger partial charge in [-0.1, -0.05) is 0 Å². The molecule has 19 heavy (non-hydrogen) atoms. The lowest BCUT2D eigenvalue weighted by molar-refractivity contribution is -0.148. The monoisotopic (exact) mass is 287 g/mol. The lowest BCUT2D eigenvalue weighted by Gasteiger charge is -2.22. The van der Waals surface area contributed by atoms with E-state index in [2.05, 4.69) is 0 Å². The first-order chi connectivity index (χ1) is 8.91. The van der Waals surface area contributed by atoms with Crippen molar-refractivity contribution in [1.82, 2.24) is 14.7 Å². The number of carbonyl (C=O) groups excluding carboxylic acids is 3. The summed E-state index contributed by atoms with van der Waals surface area (Å²) in [6.45, 7) is -0.449. The van der Waals surface area contributed by atoms with Gasteiger partial charge in [-0.2, -0.15) is 0 Å². The summed E-state index contributed by atoms with van der Waals surface area (Å²) in [6, 6.07) is -1.42. The molecule has 2 aliphatic heterocycles. The number of rotatable bonds is 3. The summed E-state index contributed by atoms with van der Waals surface area (Å²) >= 11 is 1.33. The first kappa shape index (κ1) is 13.7. The Hall–Kier alpha value is -1.77. The predicted octanol–water partition coefficient (Wildman–Crippen LogP) is -1.13. The normalized spacial score (nSPS) is 23.4. The van der Waals surface area contributed by atoms with E-state index in [4.69, 9.17) is 5.11 Å². The molecule has 0 radical (unpaired) electrons. The van der Waals surface area contributed by atoms with Gasteiger partial charge in [-0.15, -0.1) is 11.8 Å². The number of carbonyl (C=O) groups is 4. The van der Waals surface area contributed by atoms with Crippen LogP contribution in [0.15, 0.2) is 0 Å². The van der Waals surface area contributed by atoms with E-state index in [1.807, 2.05) is 0 Å². The van der Waals surface area contributed by atoms with Crippen LogP contribution in [-0.2, 0) is 14.4 Å². The van der Waals surface area contributed by atoms with E-state index < -0.39 is 36.4 Å². The van der Waals surface area contributed by atoms with Gasteiger partial charge in [-0.05, 0) is 0 Å². The Kier molecular flexibility index (Phi) is 3.65. The lowest BCUT2D eigenvalue weighted by Crippen LogP contribution is -2.47. The van der Waals surface area contributed by atoms with Crippen LogP contribution in [-0.4, -0.2) is 81.4 Å². The van der Waals surface area contributed by atoms with Gasteiger partial charge in [0.1, 0.15) is 19.1 Å². The minimum atomic E-state index is -1.07. The molecule has 1 N–H and O–H groups in total. The minimum absolute atomic E-state index is 0.0524. The average Bonchev–Trinajstić information content (AvgIpc) is 2.90. The topological polar surface area (TPSA) is 98.2 Å². The Morgan fingerprint density at radius 3 is 2.63 bits per heavy atom. The number of imide groups is 1. The predicted molar refractivity (Wildman–Crippen MR) is 65.3 cm³/mol. The molecular weight excluding hydrogens is 274 g/mol. The maximum Gasteiger partial charge on any atom is 0.327 e. The van der Waals surface area contributed by atoms with E-state index >= 15 is 0 Å². The van der Waals surface area contributed by atoms with Crippen LogP contribution in [0.1, 0.15) is 0 Å². The van der Waals surface area contributed by atoms with E-state index in [-0.39, 0.29) is 12.4 Å². The Labute approximate surface area is 113 Å². The fourth-order valence-electron chi connectivity index (χ4n) is 1.94. The van der Waals surface area contributed by atoms with Crippen molar-refractivity contribution in [3.63, 3.8) is 0 Å². The van der Waals surface area contributed by atoms with Crippen molar-refractivity contribution < 1.29 is 24.3 Å². The summed E-state index contributed by atoms with van der Waals surface area (Å²) in [7, 11) is 1.47. The first-order valence-electron chi connectivity index (χ1n) is 5.57. The summed E-state index contributed by atoms with van der Waals surface area (Å²) in [5, 5.41) is 8.98. The molecular formula is C10H13N3O5S. The largest absolute Gasteiger partial charge is 0.480 e. The third-order valence-corrected chi connectivity index (χ3v) is 4.02. The Balaban J connectivity index is 2.03. The van der Waals surface area contributed by atoms with E-state index in [0.717, 1.165) is 4.90 Å². The zero-order chi connectivity index (χ0) is 14.2. The molecule has 0 spiro atoms. The highest BCUT2D eigenvalue weighted by Crippen LogP contribution is 2.21. The van der Waals surface area contributed by atoms with Crippen molar-refractivity contribution in [1.29, 1.82) is 0 Å². The van der Waals surface area contributed by atoms with Gasteiger partial charge >= 0.3 is 12.0 Å². The van der Waals surface area contributed by atoms with Gasteiger partial charge in [-0.3, -0.25) is 14.5 Å². The van der Waals surface area contributed by atoms with E-state index in [0.29, 0.717) is 5.75 Å². The first-order valence-corrected chi connectivity index (χ1v) is 6.72. The number of carboxylic acids is 1. The van der Waals surface area contributed by atoms with Gasteiger partial charge in [0.25, 0.3) is 5.91 Å². The number of carboxylic acid groups (broad SMARTS) is 1. The summed E-state index contributed by atoms with van der Waals surface area (Å²) in [4.78, 5) is 49.4. The maximum atomic E-state index is 12.0. The number of thioether (sulfide) groups is 1. The number of aliphatic carboxylic acids is 1.